The van der Waals surface area contributed by atoms with Crippen LogP contribution < -0.4 is 4.72 Å². The van der Waals surface area contributed by atoms with Crippen molar-refractivity contribution in [2.75, 3.05) is 26.7 Å². The van der Waals surface area contributed by atoms with Crippen molar-refractivity contribution in [1.82, 2.24) is 9.62 Å². The number of alkyl halides is 3. The number of rotatable bonds is 6. The molecule has 0 unspecified atom stereocenters. The number of nitrogens with one attached hydrogen (secondary N) is 1. The Bertz CT molecular complexity index is 778. The number of halogens is 4. The molecule has 1 amide bonds. The van der Waals surface area contributed by atoms with Crippen molar-refractivity contribution in [3.05, 3.63) is 28.8 Å². The predicted molar refractivity (Wildman–Crippen MR) is 92.9 cm³/mol. The Morgan fingerprint density at radius 1 is 1.33 bits per heavy atom. The van der Waals surface area contributed by atoms with Gasteiger partial charge in [-0.25, -0.2) is 13.1 Å². The third-order valence-electron chi connectivity index (χ3n) is 4.31. The van der Waals surface area contributed by atoms with Gasteiger partial charge in [-0.3, -0.25) is 4.79 Å². The Hall–Kier alpha value is -1.36. The molecular weight excluding hydrogens is 409 g/mol. The lowest BCUT2D eigenvalue weighted by Crippen LogP contribution is -2.41. The number of carbonyl (C=O) groups is 1. The number of sulfonamides is 1. The summed E-state index contributed by atoms with van der Waals surface area (Å²) in [6.07, 6.45) is -3.33. The van der Waals surface area contributed by atoms with Gasteiger partial charge in [0.15, 0.2) is 0 Å². The van der Waals surface area contributed by atoms with Gasteiger partial charge in [0.25, 0.3) is 0 Å². The Kier molecular flexibility index (Phi) is 7.12. The van der Waals surface area contributed by atoms with Gasteiger partial charge in [0, 0.05) is 33.2 Å². The van der Waals surface area contributed by atoms with Crippen LogP contribution in [0.2, 0.25) is 5.02 Å². The van der Waals surface area contributed by atoms with E-state index in [-0.39, 0.29) is 25.0 Å². The number of hydrogen-bond acceptors (Lipinski definition) is 4. The first-order valence-corrected chi connectivity index (χ1v) is 10.1. The van der Waals surface area contributed by atoms with Crippen LogP contribution in [0.15, 0.2) is 23.1 Å². The van der Waals surface area contributed by atoms with Crippen LogP contribution in [0, 0.1) is 0 Å². The van der Waals surface area contributed by atoms with Crippen LogP contribution in [-0.2, 0) is 25.7 Å². The lowest BCUT2D eigenvalue weighted by atomic mass is 10.1. The fraction of sp³-hybridized carbons (Fsp3) is 0.562. The van der Waals surface area contributed by atoms with Crippen LogP contribution in [0.3, 0.4) is 0 Å². The zero-order valence-electron chi connectivity index (χ0n) is 14.6. The Balaban J connectivity index is 1.94. The fourth-order valence-electron chi connectivity index (χ4n) is 2.76. The Morgan fingerprint density at radius 3 is 2.52 bits per heavy atom. The maximum atomic E-state index is 12.9. The molecule has 1 aliphatic heterocycles. The van der Waals surface area contributed by atoms with Crippen molar-refractivity contribution in [3.8, 4) is 0 Å². The number of piperidine rings is 1. The summed E-state index contributed by atoms with van der Waals surface area (Å²) in [5.41, 5.74) is -1.23. The van der Waals surface area contributed by atoms with Crippen LogP contribution in [0.1, 0.15) is 24.8 Å². The molecule has 11 heteroatoms. The molecule has 0 atom stereocenters. The maximum Gasteiger partial charge on any atom is 0.417 e. The van der Waals surface area contributed by atoms with Crippen molar-refractivity contribution in [2.45, 2.75) is 36.4 Å². The second-order valence-electron chi connectivity index (χ2n) is 6.10. The number of nitrogens with zero attached hydrogens (tertiary/aromatic N) is 1. The molecule has 0 bridgehead atoms. The second-order valence-corrected chi connectivity index (χ2v) is 8.28. The molecule has 0 aliphatic carbocycles. The van der Waals surface area contributed by atoms with Gasteiger partial charge in [0.1, 0.15) is 0 Å². The van der Waals surface area contributed by atoms with Gasteiger partial charge in [-0.2, -0.15) is 13.2 Å². The lowest BCUT2D eigenvalue weighted by molar-refractivity contribution is -0.137. The minimum atomic E-state index is -4.77. The minimum absolute atomic E-state index is 0.0867. The van der Waals surface area contributed by atoms with Gasteiger partial charge in [-0.1, -0.05) is 11.6 Å². The zero-order chi connectivity index (χ0) is 20.2. The smallest absolute Gasteiger partial charge is 0.381 e. The molecule has 0 spiro atoms. The first kappa shape index (κ1) is 21.9. The molecule has 1 heterocycles. The molecule has 152 valence electrons. The van der Waals surface area contributed by atoms with Crippen LogP contribution >= 0.6 is 11.6 Å². The monoisotopic (exact) mass is 428 g/mol. The van der Waals surface area contributed by atoms with E-state index >= 15 is 0 Å². The van der Waals surface area contributed by atoms with Crippen molar-refractivity contribution < 1.29 is 31.1 Å². The summed E-state index contributed by atoms with van der Waals surface area (Å²) in [7, 11) is -2.59. The largest absolute Gasteiger partial charge is 0.417 e. The van der Waals surface area contributed by atoms with Crippen molar-refractivity contribution in [2.24, 2.45) is 0 Å². The van der Waals surface area contributed by atoms with E-state index in [9.17, 15) is 26.4 Å². The van der Waals surface area contributed by atoms with Gasteiger partial charge in [0.2, 0.25) is 15.9 Å². The topological polar surface area (TPSA) is 75.7 Å². The standard InChI is InChI=1S/C16H20ClF3N2O4S/c1-26-11-5-8-22(9-6-11)15(23)4-7-21-27(24,25)12-2-3-14(17)13(10-12)16(18,19)20/h2-3,10-11,21H,4-9H2,1H3. The Morgan fingerprint density at radius 2 is 1.96 bits per heavy atom. The number of ether oxygens (including phenoxy) is 1. The predicted octanol–water partition coefficient (Wildman–Crippen LogP) is 2.66. The van der Waals surface area contributed by atoms with E-state index < -0.39 is 31.7 Å². The maximum absolute atomic E-state index is 12.9. The first-order valence-electron chi connectivity index (χ1n) is 8.21. The van der Waals surface area contributed by atoms with Gasteiger partial charge in [-0.05, 0) is 31.0 Å². The molecule has 27 heavy (non-hydrogen) atoms. The number of likely N-dealkylation sites (tertiary alicyclic amines) is 1. The molecule has 0 saturated carbocycles. The Labute approximate surface area is 160 Å². The molecule has 1 N–H and O–H groups in total. The molecule has 1 aromatic carbocycles. The highest BCUT2D eigenvalue weighted by Gasteiger charge is 2.34. The molecule has 1 saturated heterocycles. The van der Waals surface area contributed by atoms with Crippen LogP contribution in [-0.4, -0.2) is 52.1 Å². The molecule has 0 radical (unpaired) electrons. The third kappa shape index (κ3) is 5.81. The highest BCUT2D eigenvalue weighted by molar-refractivity contribution is 7.89. The number of methoxy groups -OCH3 is 1. The van der Waals surface area contributed by atoms with Crippen LogP contribution in [0.4, 0.5) is 13.2 Å². The number of hydrogen-bond donors (Lipinski definition) is 1. The van der Waals surface area contributed by atoms with Crippen LogP contribution in [0.5, 0.6) is 0 Å². The fourth-order valence-corrected chi connectivity index (χ4v) is 4.05. The highest BCUT2D eigenvalue weighted by Crippen LogP contribution is 2.35. The molecule has 6 nitrogen and oxygen atoms in total. The van der Waals surface area contributed by atoms with E-state index in [2.05, 4.69) is 4.72 Å². The SMILES string of the molecule is COC1CCN(C(=O)CCNS(=O)(=O)c2ccc(Cl)c(C(F)(F)F)c2)CC1. The lowest BCUT2D eigenvalue weighted by Gasteiger charge is -2.31. The van der Waals surface area contributed by atoms with E-state index in [4.69, 9.17) is 16.3 Å². The van der Waals surface area contributed by atoms with Gasteiger partial charge in [-0.15, -0.1) is 0 Å². The summed E-state index contributed by atoms with van der Waals surface area (Å²) in [5, 5.41) is -0.587. The molecule has 1 aromatic rings. The molecule has 1 aliphatic rings. The van der Waals surface area contributed by atoms with Gasteiger partial charge in [0.05, 0.1) is 21.6 Å². The summed E-state index contributed by atoms with van der Waals surface area (Å²) in [5.74, 6) is -0.223. The van der Waals surface area contributed by atoms with Crippen molar-refractivity contribution >= 4 is 27.5 Å². The first-order chi connectivity index (χ1) is 12.5. The zero-order valence-corrected chi connectivity index (χ0v) is 16.1. The quantitative estimate of drug-likeness (QED) is 0.755. The van der Waals surface area contributed by atoms with E-state index in [1.165, 1.54) is 0 Å². The van der Waals surface area contributed by atoms with Gasteiger partial charge < -0.3 is 9.64 Å². The average molecular weight is 429 g/mol. The van der Waals surface area contributed by atoms with Crippen LogP contribution in [0.25, 0.3) is 0 Å². The average Bonchev–Trinajstić information content (AvgIpc) is 2.60. The van der Waals surface area contributed by atoms with E-state index in [1.54, 1.807) is 12.0 Å². The summed E-state index contributed by atoms with van der Waals surface area (Å²) in [4.78, 5) is 13.2. The number of amides is 1. The number of carbonyl (C=O) groups excluding carboxylic acids is 1. The van der Waals surface area contributed by atoms with Crippen molar-refractivity contribution in [3.63, 3.8) is 0 Å². The van der Waals surface area contributed by atoms with Crippen molar-refractivity contribution in [1.29, 1.82) is 0 Å². The minimum Gasteiger partial charge on any atom is -0.381 e. The summed E-state index contributed by atoms with van der Waals surface area (Å²) >= 11 is 5.49. The summed E-state index contributed by atoms with van der Waals surface area (Å²) in [6.45, 7) is 0.835. The molecular formula is C16H20ClF3N2O4S. The summed E-state index contributed by atoms with van der Waals surface area (Å²) < 4.78 is 70.4. The third-order valence-corrected chi connectivity index (χ3v) is 6.10. The van der Waals surface area contributed by atoms with E-state index in [1.807, 2.05) is 0 Å². The van der Waals surface area contributed by atoms with Gasteiger partial charge >= 0.3 is 6.18 Å². The van der Waals surface area contributed by atoms with E-state index in [0.29, 0.717) is 32.0 Å². The molecule has 0 aromatic heterocycles. The normalized spacial score (nSPS) is 16.6. The molecule has 2 rings (SSSR count). The number of benzene rings is 1. The van der Waals surface area contributed by atoms with E-state index in [0.717, 1.165) is 12.1 Å². The highest BCUT2D eigenvalue weighted by atomic mass is 35.5. The summed E-state index contributed by atoms with van der Waals surface area (Å²) in [6, 6.07) is 2.34. The molecule has 1 fully saturated rings. The second kappa shape index (κ2) is 8.76.